The van der Waals surface area contributed by atoms with Gasteiger partial charge in [0, 0.05) is 12.6 Å². The molecule has 0 aromatic rings. The molecule has 78 valence electrons. The molecule has 4 heteroatoms. The average Bonchev–Trinajstić information content (AvgIpc) is 2.17. The monoisotopic (exact) mass is 189 g/mol. The number of ether oxygens (including phenoxy) is 1. The summed E-state index contributed by atoms with van der Waals surface area (Å²) < 4.78 is 4.38. The SMILES string of the molecule is CCC(CC)NCC(O)C(=O)OC. The molecule has 0 radical (unpaired) electrons. The topological polar surface area (TPSA) is 58.6 Å². The summed E-state index contributed by atoms with van der Waals surface area (Å²) in [6.45, 7) is 4.39. The van der Waals surface area contributed by atoms with Gasteiger partial charge in [-0.15, -0.1) is 0 Å². The minimum atomic E-state index is -1.05. The van der Waals surface area contributed by atoms with Gasteiger partial charge in [-0.05, 0) is 12.8 Å². The fourth-order valence-electron chi connectivity index (χ4n) is 1.08. The molecule has 1 atom stereocenters. The third-order valence-electron chi connectivity index (χ3n) is 2.06. The van der Waals surface area contributed by atoms with E-state index < -0.39 is 12.1 Å². The van der Waals surface area contributed by atoms with Gasteiger partial charge in [-0.1, -0.05) is 13.8 Å². The van der Waals surface area contributed by atoms with Crippen molar-refractivity contribution in [3.63, 3.8) is 0 Å². The van der Waals surface area contributed by atoms with Gasteiger partial charge in [0.05, 0.1) is 7.11 Å². The largest absolute Gasteiger partial charge is 0.467 e. The third kappa shape index (κ3) is 4.85. The number of aliphatic hydroxyl groups is 1. The number of carbonyl (C=O) groups is 1. The lowest BCUT2D eigenvalue weighted by molar-refractivity contribution is -0.150. The number of hydrogen-bond donors (Lipinski definition) is 2. The van der Waals surface area contributed by atoms with E-state index in [9.17, 15) is 9.90 Å². The van der Waals surface area contributed by atoms with Crippen LogP contribution in [0.4, 0.5) is 0 Å². The van der Waals surface area contributed by atoms with Crippen LogP contribution in [-0.2, 0) is 9.53 Å². The molecule has 0 heterocycles. The van der Waals surface area contributed by atoms with Crippen molar-refractivity contribution in [2.75, 3.05) is 13.7 Å². The molecule has 0 aliphatic carbocycles. The Kier molecular flexibility index (Phi) is 6.54. The lowest BCUT2D eigenvalue weighted by Crippen LogP contribution is -2.39. The van der Waals surface area contributed by atoms with Crippen LogP contribution < -0.4 is 5.32 Å². The lowest BCUT2D eigenvalue weighted by atomic mass is 10.1. The normalized spacial score (nSPS) is 13.0. The molecular formula is C9H19NO3. The van der Waals surface area contributed by atoms with Gasteiger partial charge in [0.2, 0.25) is 0 Å². The molecule has 13 heavy (non-hydrogen) atoms. The van der Waals surface area contributed by atoms with Crippen LogP contribution in [-0.4, -0.2) is 36.9 Å². The standard InChI is InChI=1S/C9H19NO3/c1-4-7(5-2)10-6-8(11)9(12)13-3/h7-8,10-11H,4-6H2,1-3H3. The van der Waals surface area contributed by atoms with Crippen molar-refractivity contribution in [1.29, 1.82) is 0 Å². The van der Waals surface area contributed by atoms with Crippen molar-refractivity contribution < 1.29 is 14.6 Å². The van der Waals surface area contributed by atoms with Crippen molar-refractivity contribution in [1.82, 2.24) is 5.32 Å². The van der Waals surface area contributed by atoms with Crippen LogP contribution in [0.15, 0.2) is 0 Å². The van der Waals surface area contributed by atoms with Gasteiger partial charge in [0.15, 0.2) is 6.10 Å². The van der Waals surface area contributed by atoms with E-state index in [4.69, 9.17) is 0 Å². The second-order valence-corrected chi connectivity index (χ2v) is 2.96. The van der Waals surface area contributed by atoms with E-state index in [1.54, 1.807) is 0 Å². The third-order valence-corrected chi connectivity index (χ3v) is 2.06. The van der Waals surface area contributed by atoms with E-state index in [2.05, 4.69) is 23.9 Å². The quantitative estimate of drug-likeness (QED) is 0.590. The Morgan fingerprint density at radius 1 is 1.46 bits per heavy atom. The Hall–Kier alpha value is -0.610. The second kappa shape index (κ2) is 6.86. The summed E-state index contributed by atoms with van der Waals surface area (Å²) in [6, 6.07) is 0.360. The summed E-state index contributed by atoms with van der Waals surface area (Å²) in [5.74, 6) is -0.585. The van der Waals surface area contributed by atoms with Crippen molar-refractivity contribution >= 4 is 5.97 Å². The Morgan fingerprint density at radius 2 is 2.00 bits per heavy atom. The smallest absolute Gasteiger partial charge is 0.336 e. The summed E-state index contributed by atoms with van der Waals surface area (Å²) in [7, 11) is 1.27. The molecule has 0 fully saturated rings. The summed E-state index contributed by atoms with van der Waals surface area (Å²) in [5, 5.41) is 12.3. The molecule has 0 spiro atoms. The van der Waals surface area contributed by atoms with Gasteiger partial charge >= 0.3 is 5.97 Å². The Balaban J connectivity index is 3.67. The maximum atomic E-state index is 10.8. The van der Waals surface area contributed by atoms with Crippen molar-refractivity contribution in [3.05, 3.63) is 0 Å². The minimum absolute atomic E-state index is 0.263. The van der Waals surface area contributed by atoms with Crippen molar-refractivity contribution in [2.45, 2.75) is 38.8 Å². The van der Waals surface area contributed by atoms with Crippen LogP contribution in [0.25, 0.3) is 0 Å². The first-order chi connectivity index (χ1) is 6.15. The van der Waals surface area contributed by atoms with E-state index in [0.717, 1.165) is 12.8 Å². The van der Waals surface area contributed by atoms with E-state index in [-0.39, 0.29) is 6.54 Å². The highest BCUT2D eigenvalue weighted by atomic mass is 16.5. The highest BCUT2D eigenvalue weighted by Crippen LogP contribution is 1.96. The first-order valence-electron chi connectivity index (χ1n) is 4.64. The Labute approximate surface area is 79.3 Å². The lowest BCUT2D eigenvalue weighted by Gasteiger charge is -2.16. The van der Waals surface area contributed by atoms with E-state index >= 15 is 0 Å². The summed E-state index contributed by atoms with van der Waals surface area (Å²) in [6.07, 6.45) is 0.931. The number of esters is 1. The van der Waals surface area contributed by atoms with Crippen LogP contribution in [0.2, 0.25) is 0 Å². The van der Waals surface area contributed by atoms with Crippen LogP contribution in [0.3, 0.4) is 0 Å². The van der Waals surface area contributed by atoms with Crippen molar-refractivity contribution in [3.8, 4) is 0 Å². The van der Waals surface area contributed by atoms with E-state index in [1.807, 2.05) is 0 Å². The van der Waals surface area contributed by atoms with Gasteiger partial charge < -0.3 is 15.2 Å². The number of hydrogen-bond acceptors (Lipinski definition) is 4. The maximum Gasteiger partial charge on any atom is 0.336 e. The molecule has 0 aliphatic rings. The number of carbonyl (C=O) groups excluding carboxylic acids is 1. The van der Waals surface area contributed by atoms with E-state index in [1.165, 1.54) is 7.11 Å². The zero-order chi connectivity index (χ0) is 10.3. The molecule has 0 saturated heterocycles. The molecule has 0 bridgehead atoms. The maximum absolute atomic E-state index is 10.8. The highest BCUT2D eigenvalue weighted by molar-refractivity contribution is 5.74. The summed E-state index contributed by atoms with van der Waals surface area (Å²) >= 11 is 0. The van der Waals surface area contributed by atoms with Gasteiger partial charge in [0.1, 0.15) is 0 Å². The minimum Gasteiger partial charge on any atom is -0.467 e. The van der Waals surface area contributed by atoms with Crippen molar-refractivity contribution in [2.24, 2.45) is 0 Å². The van der Waals surface area contributed by atoms with Crippen LogP contribution in [0, 0.1) is 0 Å². The Morgan fingerprint density at radius 3 is 2.38 bits per heavy atom. The van der Waals surface area contributed by atoms with E-state index in [0.29, 0.717) is 6.04 Å². The fraction of sp³-hybridized carbons (Fsp3) is 0.889. The van der Waals surface area contributed by atoms with Gasteiger partial charge in [-0.25, -0.2) is 4.79 Å². The first kappa shape index (κ1) is 12.4. The molecule has 0 saturated carbocycles. The number of aliphatic hydroxyl groups excluding tert-OH is 1. The highest BCUT2D eigenvalue weighted by Gasteiger charge is 2.15. The second-order valence-electron chi connectivity index (χ2n) is 2.96. The van der Waals surface area contributed by atoms with Gasteiger partial charge in [-0.3, -0.25) is 0 Å². The summed E-state index contributed by atoms with van der Waals surface area (Å²) in [5.41, 5.74) is 0. The predicted octanol–water partition coefficient (Wildman–Crippen LogP) is 0.298. The molecule has 2 N–H and O–H groups in total. The Bertz CT molecular complexity index is 146. The first-order valence-corrected chi connectivity index (χ1v) is 4.64. The molecule has 4 nitrogen and oxygen atoms in total. The van der Waals surface area contributed by atoms with Crippen LogP contribution in [0.5, 0.6) is 0 Å². The zero-order valence-electron chi connectivity index (χ0n) is 8.54. The number of methoxy groups -OCH3 is 1. The molecular weight excluding hydrogens is 170 g/mol. The molecule has 0 amide bonds. The van der Waals surface area contributed by atoms with Gasteiger partial charge in [0.25, 0.3) is 0 Å². The van der Waals surface area contributed by atoms with Gasteiger partial charge in [-0.2, -0.15) is 0 Å². The molecule has 0 aliphatic heterocycles. The average molecular weight is 189 g/mol. The molecule has 1 unspecified atom stereocenters. The van der Waals surface area contributed by atoms with Crippen LogP contribution >= 0.6 is 0 Å². The molecule has 0 aromatic heterocycles. The number of rotatable bonds is 6. The molecule has 0 rings (SSSR count). The summed E-state index contributed by atoms with van der Waals surface area (Å²) in [4.78, 5) is 10.8. The number of nitrogens with one attached hydrogen (secondary N) is 1. The molecule has 0 aromatic carbocycles. The van der Waals surface area contributed by atoms with Crippen LogP contribution in [0.1, 0.15) is 26.7 Å². The fourth-order valence-corrected chi connectivity index (χ4v) is 1.08. The zero-order valence-corrected chi connectivity index (χ0v) is 8.54. The predicted molar refractivity (Wildman–Crippen MR) is 50.4 cm³/mol.